The van der Waals surface area contributed by atoms with Crippen LogP contribution in [0.2, 0.25) is 5.02 Å². The molecule has 1 aliphatic rings. The summed E-state index contributed by atoms with van der Waals surface area (Å²) in [6.07, 6.45) is 0.967. The summed E-state index contributed by atoms with van der Waals surface area (Å²) in [4.78, 5) is 0. The molecule has 3 rings (SSSR count). The van der Waals surface area contributed by atoms with Crippen LogP contribution >= 0.6 is 27.5 Å². The van der Waals surface area contributed by atoms with Crippen molar-refractivity contribution in [2.24, 2.45) is 0 Å². The average molecular weight is 367 g/mol. The van der Waals surface area contributed by atoms with Crippen molar-refractivity contribution in [2.45, 2.75) is 25.4 Å². The van der Waals surface area contributed by atoms with Gasteiger partial charge in [-0.15, -0.1) is 0 Å². The highest BCUT2D eigenvalue weighted by Crippen LogP contribution is 2.35. The van der Waals surface area contributed by atoms with Crippen LogP contribution in [0.1, 0.15) is 36.6 Å². The molecule has 0 radical (unpaired) electrons. The van der Waals surface area contributed by atoms with Gasteiger partial charge >= 0.3 is 0 Å². The van der Waals surface area contributed by atoms with Gasteiger partial charge in [-0.1, -0.05) is 39.7 Å². The van der Waals surface area contributed by atoms with E-state index in [1.165, 1.54) is 11.1 Å². The normalized spacial score (nSPS) is 18.7. The zero-order valence-electron chi connectivity index (χ0n) is 11.8. The lowest BCUT2D eigenvalue weighted by molar-refractivity contribution is 0.246. The molecule has 21 heavy (non-hydrogen) atoms. The van der Waals surface area contributed by atoms with Crippen molar-refractivity contribution in [1.82, 2.24) is 5.32 Å². The van der Waals surface area contributed by atoms with Crippen LogP contribution in [0.15, 0.2) is 46.9 Å². The Bertz CT molecular complexity index is 646. The first kappa shape index (κ1) is 14.9. The van der Waals surface area contributed by atoms with E-state index in [-0.39, 0.29) is 6.04 Å². The van der Waals surface area contributed by atoms with Crippen LogP contribution in [0, 0.1) is 0 Å². The Hall–Kier alpha value is -1.03. The van der Waals surface area contributed by atoms with Gasteiger partial charge in [0.2, 0.25) is 0 Å². The van der Waals surface area contributed by atoms with E-state index in [1.807, 2.05) is 30.3 Å². The summed E-state index contributed by atoms with van der Waals surface area (Å²) >= 11 is 9.62. The maximum atomic E-state index is 6.08. The summed E-state index contributed by atoms with van der Waals surface area (Å²) in [6.45, 7) is 2.91. The molecule has 0 aromatic heterocycles. The molecule has 0 saturated heterocycles. The monoisotopic (exact) mass is 365 g/mol. The quantitative estimate of drug-likeness (QED) is 0.798. The molecule has 2 atom stereocenters. The van der Waals surface area contributed by atoms with E-state index in [2.05, 4.69) is 40.3 Å². The van der Waals surface area contributed by atoms with E-state index in [0.717, 1.165) is 28.3 Å². The minimum atomic E-state index is 0.235. The Morgan fingerprint density at radius 1 is 1.29 bits per heavy atom. The second kappa shape index (κ2) is 6.39. The molecule has 1 N–H and O–H groups in total. The fourth-order valence-electron chi connectivity index (χ4n) is 2.71. The Kier molecular flexibility index (Phi) is 4.53. The van der Waals surface area contributed by atoms with Crippen molar-refractivity contribution >= 4 is 27.5 Å². The van der Waals surface area contributed by atoms with Gasteiger partial charge in [-0.2, -0.15) is 0 Å². The van der Waals surface area contributed by atoms with Crippen LogP contribution in [0.3, 0.4) is 0 Å². The summed E-state index contributed by atoms with van der Waals surface area (Å²) in [6, 6.07) is 14.7. The van der Waals surface area contributed by atoms with Gasteiger partial charge in [-0.3, -0.25) is 0 Å². The minimum Gasteiger partial charge on any atom is -0.493 e. The van der Waals surface area contributed by atoms with Gasteiger partial charge < -0.3 is 10.1 Å². The molecule has 2 aromatic carbocycles. The van der Waals surface area contributed by atoms with Crippen molar-refractivity contribution in [3.63, 3.8) is 0 Å². The summed E-state index contributed by atoms with van der Waals surface area (Å²) < 4.78 is 6.81. The van der Waals surface area contributed by atoms with E-state index in [0.29, 0.717) is 6.04 Å². The van der Waals surface area contributed by atoms with E-state index >= 15 is 0 Å². The fourth-order valence-corrected chi connectivity index (χ4v) is 3.29. The Morgan fingerprint density at radius 3 is 2.95 bits per heavy atom. The van der Waals surface area contributed by atoms with Gasteiger partial charge in [0.15, 0.2) is 0 Å². The van der Waals surface area contributed by atoms with E-state index in [1.54, 1.807) is 0 Å². The average Bonchev–Trinajstić information content (AvgIpc) is 2.48. The molecule has 1 aliphatic heterocycles. The molecule has 4 heteroatoms. The highest BCUT2D eigenvalue weighted by atomic mass is 79.9. The van der Waals surface area contributed by atoms with Crippen LogP contribution in [-0.4, -0.2) is 6.61 Å². The first-order chi connectivity index (χ1) is 10.1. The van der Waals surface area contributed by atoms with Crippen LogP contribution < -0.4 is 10.1 Å². The lowest BCUT2D eigenvalue weighted by atomic mass is 9.98. The van der Waals surface area contributed by atoms with Gasteiger partial charge in [-0.05, 0) is 42.8 Å². The predicted molar refractivity (Wildman–Crippen MR) is 90.0 cm³/mol. The maximum absolute atomic E-state index is 6.08. The number of benzene rings is 2. The molecular formula is C17H17BrClNO. The van der Waals surface area contributed by atoms with Crippen molar-refractivity contribution < 1.29 is 4.74 Å². The molecule has 0 aliphatic carbocycles. The van der Waals surface area contributed by atoms with Crippen LogP contribution in [-0.2, 0) is 0 Å². The van der Waals surface area contributed by atoms with Gasteiger partial charge in [0.25, 0.3) is 0 Å². The number of halogens is 2. The predicted octanol–water partition coefficient (Wildman–Crippen LogP) is 5.28. The Morgan fingerprint density at radius 2 is 2.14 bits per heavy atom. The molecule has 0 amide bonds. The number of fused-ring (bicyclic) bond motifs is 1. The van der Waals surface area contributed by atoms with Crippen LogP contribution in [0.4, 0.5) is 0 Å². The third-order valence-electron chi connectivity index (χ3n) is 3.81. The highest BCUT2D eigenvalue weighted by molar-refractivity contribution is 9.10. The van der Waals surface area contributed by atoms with Crippen molar-refractivity contribution in [3.05, 3.63) is 63.1 Å². The molecule has 1 heterocycles. The smallest absolute Gasteiger partial charge is 0.124 e. The molecule has 0 fully saturated rings. The van der Waals surface area contributed by atoms with Crippen molar-refractivity contribution in [2.75, 3.05) is 6.61 Å². The SMILES string of the molecule is C[C@H](NC1CCOc2ccc(Br)cc21)c1cccc(Cl)c1. The van der Waals surface area contributed by atoms with Crippen molar-refractivity contribution in [3.8, 4) is 5.75 Å². The van der Waals surface area contributed by atoms with Gasteiger partial charge in [0.1, 0.15) is 5.75 Å². The van der Waals surface area contributed by atoms with Gasteiger partial charge in [0, 0.05) is 33.6 Å². The fraction of sp³-hybridized carbons (Fsp3) is 0.294. The first-order valence-corrected chi connectivity index (χ1v) is 8.24. The van der Waals surface area contributed by atoms with Gasteiger partial charge in [0.05, 0.1) is 6.61 Å². The Balaban J connectivity index is 1.81. The van der Waals surface area contributed by atoms with Crippen molar-refractivity contribution in [1.29, 1.82) is 0 Å². The third-order valence-corrected chi connectivity index (χ3v) is 4.54. The van der Waals surface area contributed by atoms with Crippen LogP contribution in [0.5, 0.6) is 5.75 Å². The summed E-state index contributed by atoms with van der Waals surface area (Å²) in [5, 5.41) is 4.46. The van der Waals surface area contributed by atoms with E-state index in [9.17, 15) is 0 Å². The topological polar surface area (TPSA) is 21.3 Å². The molecule has 2 aromatic rings. The summed E-state index contributed by atoms with van der Waals surface area (Å²) in [5.74, 6) is 0.972. The number of ether oxygens (including phenoxy) is 1. The summed E-state index contributed by atoms with van der Waals surface area (Å²) in [7, 11) is 0. The molecular weight excluding hydrogens is 350 g/mol. The second-order valence-corrected chi connectivity index (χ2v) is 6.67. The number of rotatable bonds is 3. The lowest BCUT2D eigenvalue weighted by Crippen LogP contribution is -2.29. The molecule has 1 unspecified atom stereocenters. The number of hydrogen-bond donors (Lipinski definition) is 1. The first-order valence-electron chi connectivity index (χ1n) is 7.07. The minimum absolute atomic E-state index is 0.235. The molecule has 0 saturated carbocycles. The highest BCUT2D eigenvalue weighted by Gasteiger charge is 2.23. The molecule has 110 valence electrons. The molecule has 2 nitrogen and oxygen atoms in total. The zero-order valence-corrected chi connectivity index (χ0v) is 14.1. The van der Waals surface area contributed by atoms with E-state index < -0.39 is 0 Å². The van der Waals surface area contributed by atoms with Gasteiger partial charge in [-0.25, -0.2) is 0 Å². The summed E-state index contributed by atoms with van der Waals surface area (Å²) in [5.41, 5.74) is 2.41. The number of hydrogen-bond acceptors (Lipinski definition) is 2. The standard InChI is InChI=1S/C17H17BrClNO/c1-11(12-3-2-4-14(19)9-12)20-16-7-8-21-17-6-5-13(18)10-15(16)17/h2-6,9-11,16,20H,7-8H2,1H3/t11-,16?/m0/s1. The van der Waals surface area contributed by atoms with Crippen LogP contribution in [0.25, 0.3) is 0 Å². The lowest BCUT2D eigenvalue weighted by Gasteiger charge is -2.29. The van der Waals surface area contributed by atoms with E-state index in [4.69, 9.17) is 16.3 Å². The molecule has 0 bridgehead atoms. The largest absolute Gasteiger partial charge is 0.493 e. The molecule has 0 spiro atoms. The maximum Gasteiger partial charge on any atom is 0.124 e. The third kappa shape index (κ3) is 3.42. The zero-order chi connectivity index (χ0) is 14.8. The second-order valence-electron chi connectivity index (χ2n) is 5.32. The Labute approximate surface area is 138 Å². The number of nitrogens with one attached hydrogen (secondary N) is 1.